The number of nitrogens with one attached hydrogen (secondary N) is 1. The average Bonchev–Trinajstić information content (AvgIpc) is 3.45. The van der Waals surface area contributed by atoms with E-state index in [0.717, 1.165) is 16.2 Å². The number of amides is 3. The van der Waals surface area contributed by atoms with E-state index in [2.05, 4.69) is 5.32 Å². The number of rotatable bonds is 6. The Balaban J connectivity index is 1.42. The van der Waals surface area contributed by atoms with E-state index in [1.165, 1.54) is 38.5 Å². The maximum Gasteiger partial charge on any atom is 0.269 e. The number of nitro benzene ring substituents is 1. The van der Waals surface area contributed by atoms with Crippen LogP contribution >= 0.6 is 0 Å². The smallest absolute Gasteiger partial charge is 0.269 e. The number of nitrogens with zero attached hydrogens (tertiary/aromatic N) is 3. The van der Waals surface area contributed by atoms with Crippen molar-refractivity contribution in [2.45, 2.75) is 12.1 Å². The molecule has 0 aromatic heterocycles. The Labute approximate surface area is 228 Å². The van der Waals surface area contributed by atoms with Gasteiger partial charge in [-0.15, -0.1) is 0 Å². The van der Waals surface area contributed by atoms with Gasteiger partial charge in [-0.05, 0) is 35.9 Å². The van der Waals surface area contributed by atoms with Crippen LogP contribution in [0.4, 0.5) is 22.7 Å². The lowest BCUT2D eigenvalue weighted by molar-refractivity contribution is -0.384. The number of benzene rings is 3. The first-order valence-corrected chi connectivity index (χ1v) is 12.5. The number of imide groups is 1. The number of anilines is 3. The number of para-hydroxylation sites is 1. The van der Waals surface area contributed by atoms with Crippen molar-refractivity contribution in [3.8, 4) is 11.5 Å². The van der Waals surface area contributed by atoms with E-state index >= 15 is 0 Å². The second-order valence-electron chi connectivity index (χ2n) is 9.66. The molecule has 40 heavy (non-hydrogen) atoms. The highest BCUT2D eigenvalue weighted by molar-refractivity contribution is 6.25. The zero-order valence-electron chi connectivity index (χ0n) is 21.5. The lowest BCUT2D eigenvalue weighted by Gasteiger charge is -2.36. The van der Waals surface area contributed by atoms with Crippen LogP contribution in [-0.2, 0) is 14.4 Å². The van der Waals surface area contributed by atoms with Gasteiger partial charge in [-0.3, -0.25) is 24.5 Å². The molecule has 3 aliphatic heterocycles. The molecule has 6 rings (SSSR count). The van der Waals surface area contributed by atoms with Gasteiger partial charge < -0.3 is 19.7 Å². The molecule has 0 radical (unpaired) electrons. The van der Waals surface area contributed by atoms with Crippen molar-refractivity contribution < 1.29 is 28.8 Å². The highest BCUT2D eigenvalue weighted by Gasteiger charge is 2.64. The maximum absolute atomic E-state index is 14.1. The molecule has 0 unspecified atom stereocenters. The van der Waals surface area contributed by atoms with Crippen LogP contribution in [-0.4, -0.2) is 48.9 Å². The molecule has 0 aliphatic carbocycles. The van der Waals surface area contributed by atoms with Crippen LogP contribution in [0.15, 0.2) is 72.8 Å². The van der Waals surface area contributed by atoms with Crippen LogP contribution in [0.2, 0.25) is 0 Å². The van der Waals surface area contributed by atoms with Crippen LogP contribution in [0, 0.1) is 22.0 Å². The minimum atomic E-state index is -1.03. The van der Waals surface area contributed by atoms with E-state index in [4.69, 9.17) is 9.47 Å². The van der Waals surface area contributed by atoms with Crippen molar-refractivity contribution in [2.75, 3.05) is 29.3 Å². The third-order valence-electron chi connectivity index (χ3n) is 7.66. The third-order valence-corrected chi connectivity index (χ3v) is 7.66. The fraction of sp³-hybridized carbons (Fsp3) is 0.207. The van der Waals surface area contributed by atoms with Crippen molar-refractivity contribution in [1.82, 2.24) is 0 Å². The van der Waals surface area contributed by atoms with Crippen LogP contribution in [0.5, 0.6) is 11.5 Å². The molecule has 202 valence electrons. The second kappa shape index (κ2) is 9.53. The summed E-state index contributed by atoms with van der Waals surface area (Å²) in [7, 11) is 2.94. The monoisotopic (exact) mass is 540 g/mol. The molecule has 4 atom stereocenters. The fourth-order valence-corrected chi connectivity index (χ4v) is 5.90. The van der Waals surface area contributed by atoms with Crippen LogP contribution in [0.25, 0.3) is 6.08 Å². The molecule has 2 saturated heterocycles. The number of non-ortho nitro benzene ring substituents is 1. The molecule has 3 aromatic carbocycles. The van der Waals surface area contributed by atoms with E-state index in [0.29, 0.717) is 11.4 Å². The molecule has 1 N–H and O–H groups in total. The standard InChI is InChI=1S/C29H24N4O7/c1-39-19-12-14-21(23(15-19)40-2)32-28(35)24-22-13-7-16-5-3-4-6-20(16)31(22)26(25(24)29(32)36)27(34)30-17-8-10-18(11-9-17)33(37)38/h3-15,22,24-26H,1-2H3,(H,30,34)/t22-,24-,25+,26-/m0/s1. The number of carbonyl (C=O) groups is 3. The summed E-state index contributed by atoms with van der Waals surface area (Å²) in [4.78, 5) is 55.4. The lowest BCUT2D eigenvalue weighted by atomic mass is 9.88. The van der Waals surface area contributed by atoms with Crippen LogP contribution in [0.3, 0.4) is 0 Å². The number of hydrogen-bond donors (Lipinski definition) is 1. The van der Waals surface area contributed by atoms with E-state index in [9.17, 15) is 24.5 Å². The molecule has 3 heterocycles. The topological polar surface area (TPSA) is 131 Å². The number of carbonyl (C=O) groups excluding carboxylic acids is 3. The number of fused-ring (bicyclic) bond motifs is 5. The SMILES string of the molecule is COc1ccc(N2C(=O)[C@@H]3[C@@H](C2=O)[C@@H]2C=Cc4ccccc4N2[C@@H]3C(=O)Nc2ccc([N+](=O)[O-])cc2)c(OC)c1. The van der Waals surface area contributed by atoms with Crippen molar-refractivity contribution >= 4 is 46.5 Å². The number of nitro groups is 1. The minimum absolute atomic E-state index is 0.116. The lowest BCUT2D eigenvalue weighted by Crippen LogP contribution is -2.50. The van der Waals surface area contributed by atoms with Gasteiger partial charge in [-0.1, -0.05) is 30.4 Å². The van der Waals surface area contributed by atoms with Gasteiger partial charge in [0.25, 0.3) is 5.69 Å². The largest absolute Gasteiger partial charge is 0.497 e. The van der Waals surface area contributed by atoms with Crippen LogP contribution in [0.1, 0.15) is 5.56 Å². The van der Waals surface area contributed by atoms with Gasteiger partial charge in [-0.2, -0.15) is 0 Å². The Hall–Kier alpha value is -5.19. The molecular weight excluding hydrogens is 516 g/mol. The first kappa shape index (κ1) is 25.1. The Kier molecular flexibility index (Phi) is 5.98. The first-order chi connectivity index (χ1) is 19.3. The molecule has 11 heteroatoms. The average molecular weight is 541 g/mol. The van der Waals surface area contributed by atoms with Crippen LogP contribution < -0.4 is 24.6 Å². The van der Waals surface area contributed by atoms with Gasteiger partial charge in [0.05, 0.1) is 42.7 Å². The molecule has 11 nitrogen and oxygen atoms in total. The zero-order valence-corrected chi connectivity index (χ0v) is 21.5. The molecule has 3 aliphatic rings. The maximum atomic E-state index is 14.1. The highest BCUT2D eigenvalue weighted by Crippen LogP contribution is 2.50. The van der Waals surface area contributed by atoms with Gasteiger partial charge in [0.1, 0.15) is 17.5 Å². The first-order valence-electron chi connectivity index (χ1n) is 12.5. The quantitative estimate of drug-likeness (QED) is 0.285. The summed E-state index contributed by atoms with van der Waals surface area (Å²) in [5.74, 6) is -2.46. The fourth-order valence-electron chi connectivity index (χ4n) is 5.90. The zero-order chi connectivity index (χ0) is 28.1. The second-order valence-corrected chi connectivity index (χ2v) is 9.66. The predicted molar refractivity (Wildman–Crippen MR) is 146 cm³/mol. The summed E-state index contributed by atoms with van der Waals surface area (Å²) in [6.45, 7) is 0. The summed E-state index contributed by atoms with van der Waals surface area (Å²) in [5, 5.41) is 13.9. The molecule has 0 bridgehead atoms. The summed E-state index contributed by atoms with van der Waals surface area (Å²) in [5.41, 5.74) is 2.09. The Morgan fingerprint density at radius 1 is 0.925 bits per heavy atom. The molecular formula is C29H24N4O7. The summed E-state index contributed by atoms with van der Waals surface area (Å²) in [6.07, 6.45) is 3.76. The molecule has 0 spiro atoms. The Bertz CT molecular complexity index is 1590. The van der Waals surface area contributed by atoms with Gasteiger partial charge in [0, 0.05) is 29.6 Å². The van der Waals surface area contributed by atoms with Crippen molar-refractivity contribution in [3.05, 3.63) is 88.5 Å². The molecule has 0 saturated carbocycles. The predicted octanol–water partition coefficient (Wildman–Crippen LogP) is 3.64. The van der Waals surface area contributed by atoms with E-state index in [1.54, 1.807) is 18.2 Å². The van der Waals surface area contributed by atoms with Gasteiger partial charge in [0.2, 0.25) is 17.7 Å². The van der Waals surface area contributed by atoms with Crippen molar-refractivity contribution in [2.24, 2.45) is 11.8 Å². The number of ether oxygens (including phenoxy) is 2. The van der Waals surface area contributed by atoms with Gasteiger partial charge in [0.15, 0.2) is 0 Å². The van der Waals surface area contributed by atoms with Gasteiger partial charge in [-0.25, -0.2) is 4.90 Å². The summed E-state index contributed by atoms with van der Waals surface area (Å²) in [6, 6.07) is 16.2. The molecule has 3 aromatic rings. The van der Waals surface area contributed by atoms with Gasteiger partial charge >= 0.3 is 0 Å². The van der Waals surface area contributed by atoms with E-state index in [-0.39, 0.29) is 17.1 Å². The summed E-state index contributed by atoms with van der Waals surface area (Å²) < 4.78 is 10.7. The Morgan fingerprint density at radius 3 is 2.35 bits per heavy atom. The highest BCUT2D eigenvalue weighted by atomic mass is 16.6. The van der Waals surface area contributed by atoms with E-state index < -0.39 is 46.6 Å². The van der Waals surface area contributed by atoms with Crippen molar-refractivity contribution in [1.29, 1.82) is 0 Å². The number of hydrogen-bond acceptors (Lipinski definition) is 8. The molecule has 3 amide bonds. The minimum Gasteiger partial charge on any atom is -0.497 e. The van der Waals surface area contributed by atoms with Crippen molar-refractivity contribution in [3.63, 3.8) is 0 Å². The van der Waals surface area contributed by atoms with E-state index in [1.807, 2.05) is 41.3 Å². The third kappa shape index (κ3) is 3.77. The normalized spacial score (nSPS) is 22.4. The summed E-state index contributed by atoms with van der Waals surface area (Å²) >= 11 is 0. The number of methoxy groups -OCH3 is 2. The Morgan fingerprint density at radius 2 is 1.65 bits per heavy atom. The molecule has 2 fully saturated rings.